The monoisotopic (exact) mass is 203 g/mol. The van der Waals surface area contributed by atoms with E-state index in [1.54, 1.807) is 0 Å². The highest BCUT2D eigenvalue weighted by Gasteiger charge is 2.24. The Bertz CT molecular complexity index is 154. The molecular weight excluding hydrogens is 182 g/mol. The number of aliphatic hydroxyl groups is 2. The second kappa shape index (κ2) is 6.35. The lowest BCUT2D eigenvalue weighted by Crippen LogP contribution is -2.39. The Morgan fingerprint density at radius 2 is 2.29 bits per heavy atom. The van der Waals surface area contributed by atoms with Crippen molar-refractivity contribution >= 4 is 0 Å². The first-order valence-electron chi connectivity index (χ1n) is 5.34. The minimum atomic E-state index is -0.356. The van der Waals surface area contributed by atoms with Gasteiger partial charge in [-0.1, -0.05) is 6.92 Å². The van der Waals surface area contributed by atoms with Crippen LogP contribution in [-0.4, -0.2) is 48.7 Å². The van der Waals surface area contributed by atoms with Crippen LogP contribution in [0, 0.1) is 5.92 Å². The average Bonchev–Trinajstić information content (AvgIpc) is 2.58. The van der Waals surface area contributed by atoms with Crippen molar-refractivity contribution in [3.05, 3.63) is 0 Å². The smallest absolute Gasteiger partial charge is 0.0948 e. The molecule has 4 heteroatoms. The number of hydrogen-bond acceptors (Lipinski definition) is 4. The predicted octanol–water partition coefficient (Wildman–Crippen LogP) is -0.256. The number of aliphatic hydroxyl groups excluding tert-OH is 2. The number of nitrogens with one attached hydrogen (secondary N) is 1. The van der Waals surface area contributed by atoms with Gasteiger partial charge in [0.2, 0.25) is 0 Å². The molecule has 1 aliphatic rings. The molecule has 0 aliphatic carbocycles. The minimum absolute atomic E-state index is 0.0967. The van der Waals surface area contributed by atoms with Gasteiger partial charge in [0.25, 0.3) is 0 Å². The zero-order valence-electron chi connectivity index (χ0n) is 8.78. The normalized spacial score (nSPS) is 29.4. The fourth-order valence-corrected chi connectivity index (χ4v) is 1.57. The molecule has 4 nitrogen and oxygen atoms in total. The molecular formula is C10H21NO3. The molecule has 1 heterocycles. The maximum absolute atomic E-state index is 9.42. The number of ether oxygens (including phenoxy) is 1. The van der Waals surface area contributed by atoms with Crippen molar-refractivity contribution in [1.29, 1.82) is 0 Å². The van der Waals surface area contributed by atoms with E-state index >= 15 is 0 Å². The predicted molar refractivity (Wildman–Crippen MR) is 54.1 cm³/mol. The molecule has 0 saturated carbocycles. The van der Waals surface area contributed by atoms with Crippen LogP contribution in [0.15, 0.2) is 0 Å². The van der Waals surface area contributed by atoms with E-state index in [4.69, 9.17) is 9.84 Å². The van der Waals surface area contributed by atoms with Gasteiger partial charge in [0.15, 0.2) is 0 Å². The maximum Gasteiger partial charge on any atom is 0.0948 e. The van der Waals surface area contributed by atoms with E-state index in [1.165, 1.54) is 0 Å². The molecule has 0 spiro atoms. The number of rotatable bonds is 6. The summed E-state index contributed by atoms with van der Waals surface area (Å²) in [7, 11) is 0. The summed E-state index contributed by atoms with van der Waals surface area (Å²) in [5.41, 5.74) is 0. The first kappa shape index (κ1) is 11.9. The van der Waals surface area contributed by atoms with E-state index in [9.17, 15) is 5.11 Å². The van der Waals surface area contributed by atoms with Gasteiger partial charge in [-0.15, -0.1) is 0 Å². The lowest BCUT2D eigenvalue weighted by molar-refractivity contribution is 0.122. The van der Waals surface area contributed by atoms with Crippen LogP contribution in [0.25, 0.3) is 0 Å². The Morgan fingerprint density at radius 3 is 2.86 bits per heavy atom. The quantitative estimate of drug-likeness (QED) is 0.521. The highest BCUT2D eigenvalue weighted by atomic mass is 16.5. The standard InChI is InChI=1S/C10H21NO3/c1-8(5-12)3-2-4-11-9-6-14-7-10(9)13/h8-13H,2-7H2,1H3. The summed E-state index contributed by atoms with van der Waals surface area (Å²) in [5, 5.41) is 21.5. The molecule has 1 fully saturated rings. The average molecular weight is 203 g/mol. The van der Waals surface area contributed by atoms with Gasteiger partial charge in [0.05, 0.1) is 25.4 Å². The van der Waals surface area contributed by atoms with Gasteiger partial charge >= 0.3 is 0 Å². The summed E-state index contributed by atoms with van der Waals surface area (Å²) in [6.07, 6.45) is 1.70. The molecule has 1 aliphatic heterocycles. The van der Waals surface area contributed by atoms with Gasteiger partial charge in [-0.3, -0.25) is 0 Å². The Kier molecular flexibility index (Phi) is 5.40. The third-order valence-electron chi connectivity index (χ3n) is 2.64. The first-order valence-corrected chi connectivity index (χ1v) is 5.34. The summed E-state index contributed by atoms with van der Waals surface area (Å²) in [6.45, 7) is 4.24. The van der Waals surface area contributed by atoms with E-state index in [1.807, 2.05) is 6.92 Å². The molecule has 0 amide bonds. The second-order valence-corrected chi connectivity index (χ2v) is 4.10. The van der Waals surface area contributed by atoms with Crippen LogP contribution in [0.4, 0.5) is 0 Å². The SMILES string of the molecule is CC(CO)CCCNC1COCC1O. The maximum atomic E-state index is 9.42. The van der Waals surface area contributed by atoms with Crippen LogP contribution in [0.1, 0.15) is 19.8 Å². The third-order valence-corrected chi connectivity index (χ3v) is 2.64. The van der Waals surface area contributed by atoms with Crippen molar-refractivity contribution in [1.82, 2.24) is 5.32 Å². The van der Waals surface area contributed by atoms with Crippen molar-refractivity contribution in [3.63, 3.8) is 0 Å². The van der Waals surface area contributed by atoms with Crippen molar-refractivity contribution < 1.29 is 14.9 Å². The first-order chi connectivity index (χ1) is 6.74. The molecule has 3 unspecified atom stereocenters. The summed E-state index contributed by atoms with van der Waals surface area (Å²) in [5.74, 6) is 0.376. The molecule has 1 rings (SSSR count). The fraction of sp³-hybridized carbons (Fsp3) is 1.00. The Balaban J connectivity index is 1.98. The molecule has 84 valence electrons. The Labute approximate surface area is 85.3 Å². The molecule has 0 aromatic carbocycles. The molecule has 14 heavy (non-hydrogen) atoms. The summed E-state index contributed by atoms with van der Waals surface area (Å²) >= 11 is 0. The van der Waals surface area contributed by atoms with Crippen molar-refractivity contribution in [2.75, 3.05) is 26.4 Å². The van der Waals surface area contributed by atoms with E-state index < -0.39 is 0 Å². The zero-order valence-corrected chi connectivity index (χ0v) is 8.78. The highest BCUT2D eigenvalue weighted by Crippen LogP contribution is 2.06. The molecule has 3 N–H and O–H groups in total. The van der Waals surface area contributed by atoms with Crippen LogP contribution in [0.5, 0.6) is 0 Å². The number of hydrogen-bond donors (Lipinski definition) is 3. The lowest BCUT2D eigenvalue weighted by Gasteiger charge is -2.15. The van der Waals surface area contributed by atoms with Gasteiger partial charge in [-0.05, 0) is 25.3 Å². The van der Waals surface area contributed by atoms with Crippen molar-refractivity contribution in [2.24, 2.45) is 5.92 Å². The molecule has 0 bridgehead atoms. The Hall–Kier alpha value is -0.160. The van der Waals surface area contributed by atoms with Gasteiger partial charge in [0.1, 0.15) is 0 Å². The highest BCUT2D eigenvalue weighted by molar-refractivity contribution is 4.80. The van der Waals surface area contributed by atoms with E-state index in [0.29, 0.717) is 19.1 Å². The summed E-state index contributed by atoms with van der Waals surface area (Å²) in [6, 6.07) is 0.0967. The van der Waals surface area contributed by atoms with E-state index in [-0.39, 0.29) is 18.8 Å². The van der Waals surface area contributed by atoms with Crippen molar-refractivity contribution in [2.45, 2.75) is 31.9 Å². The van der Waals surface area contributed by atoms with Crippen LogP contribution in [0.2, 0.25) is 0 Å². The fourth-order valence-electron chi connectivity index (χ4n) is 1.57. The molecule has 0 aromatic heterocycles. The second-order valence-electron chi connectivity index (χ2n) is 4.10. The molecule has 0 aromatic rings. The van der Waals surface area contributed by atoms with Crippen LogP contribution in [-0.2, 0) is 4.74 Å². The largest absolute Gasteiger partial charge is 0.396 e. The van der Waals surface area contributed by atoms with E-state index in [0.717, 1.165) is 19.4 Å². The topological polar surface area (TPSA) is 61.7 Å². The lowest BCUT2D eigenvalue weighted by atomic mass is 10.1. The van der Waals surface area contributed by atoms with Crippen LogP contribution in [0.3, 0.4) is 0 Å². The van der Waals surface area contributed by atoms with E-state index in [2.05, 4.69) is 5.32 Å². The summed E-state index contributed by atoms with van der Waals surface area (Å²) in [4.78, 5) is 0. The minimum Gasteiger partial charge on any atom is -0.396 e. The molecule has 1 saturated heterocycles. The summed E-state index contributed by atoms with van der Waals surface area (Å²) < 4.78 is 5.12. The zero-order chi connectivity index (χ0) is 10.4. The van der Waals surface area contributed by atoms with Gasteiger partial charge in [-0.2, -0.15) is 0 Å². The molecule has 3 atom stereocenters. The van der Waals surface area contributed by atoms with Crippen LogP contribution < -0.4 is 5.32 Å². The molecule has 0 radical (unpaired) electrons. The third kappa shape index (κ3) is 3.92. The van der Waals surface area contributed by atoms with Crippen LogP contribution >= 0.6 is 0 Å². The Morgan fingerprint density at radius 1 is 1.50 bits per heavy atom. The van der Waals surface area contributed by atoms with Crippen molar-refractivity contribution in [3.8, 4) is 0 Å². The van der Waals surface area contributed by atoms with Gasteiger partial charge in [-0.25, -0.2) is 0 Å². The van der Waals surface area contributed by atoms with Gasteiger partial charge in [0, 0.05) is 6.61 Å². The van der Waals surface area contributed by atoms with Gasteiger partial charge < -0.3 is 20.3 Å².